The quantitative estimate of drug-likeness (QED) is 0.629. The van der Waals surface area contributed by atoms with E-state index in [1.54, 1.807) is 29.1 Å². The van der Waals surface area contributed by atoms with E-state index in [0.717, 1.165) is 0 Å². The Labute approximate surface area is 91.5 Å². The minimum absolute atomic E-state index is 0.539. The molecule has 0 saturated heterocycles. The van der Waals surface area contributed by atoms with E-state index >= 15 is 0 Å². The SMILES string of the molecule is C=CCn1c(-c2ncccn2)n[nH]c1=S. The molecule has 2 aromatic heterocycles. The average Bonchev–Trinajstić information content (AvgIpc) is 2.63. The molecule has 2 aromatic rings. The summed E-state index contributed by atoms with van der Waals surface area (Å²) in [4.78, 5) is 8.22. The molecule has 0 radical (unpaired) electrons. The van der Waals surface area contributed by atoms with Gasteiger partial charge in [-0.25, -0.2) is 9.97 Å². The molecule has 0 aromatic carbocycles. The maximum atomic E-state index is 5.08. The fourth-order valence-corrected chi connectivity index (χ4v) is 1.41. The molecule has 76 valence electrons. The van der Waals surface area contributed by atoms with Gasteiger partial charge in [0.25, 0.3) is 0 Å². The van der Waals surface area contributed by atoms with Gasteiger partial charge in [-0.2, -0.15) is 5.10 Å². The molecule has 0 spiro atoms. The van der Waals surface area contributed by atoms with E-state index in [1.807, 2.05) is 0 Å². The van der Waals surface area contributed by atoms with Gasteiger partial charge in [-0.3, -0.25) is 9.67 Å². The Morgan fingerprint density at radius 1 is 1.47 bits per heavy atom. The van der Waals surface area contributed by atoms with Gasteiger partial charge in [0, 0.05) is 18.9 Å². The predicted octanol–water partition coefficient (Wildman–Crippen LogP) is 1.58. The summed E-state index contributed by atoms with van der Waals surface area (Å²) in [6, 6.07) is 1.75. The lowest BCUT2D eigenvalue weighted by molar-refractivity contribution is 0.806. The van der Waals surface area contributed by atoms with Crippen LogP contribution in [0.1, 0.15) is 0 Å². The van der Waals surface area contributed by atoms with E-state index in [1.165, 1.54) is 0 Å². The molecule has 0 atom stereocenters. The van der Waals surface area contributed by atoms with Crippen molar-refractivity contribution in [1.29, 1.82) is 0 Å². The van der Waals surface area contributed by atoms with Gasteiger partial charge in [0.05, 0.1) is 0 Å². The summed E-state index contributed by atoms with van der Waals surface area (Å²) in [5, 5.41) is 6.79. The number of rotatable bonds is 3. The van der Waals surface area contributed by atoms with Crippen molar-refractivity contribution in [3.63, 3.8) is 0 Å². The Kier molecular flexibility index (Phi) is 2.68. The minimum Gasteiger partial charge on any atom is -0.294 e. The molecule has 0 aliphatic carbocycles. The molecular weight excluding hydrogens is 210 g/mol. The first-order valence-electron chi connectivity index (χ1n) is 4.36. The highest BCUT2D eigenvalue weighted by atomic mass is 32.1. The minimum atomic E-state index is 0.539. The van der Waals surface area contributed by atoms with Crippen molar-refractivity contribution in [2.45, 2.75) is 6.54 Å². The van der Waals surface area contributed by atoms with Crippen LogP contribution in [0.25, 0.3) is 11.6 Å². The molecular formula is C9H9N5S. The lowest BCUT2D eigenvalue weighted by atomic mass is 10.5. The maximum absolute atomic E-state index is 5.08. The van der Waals surface area contributed by atoms with Crippen LogP contribution < -0.4 is 0 Å². The molecule has 0 bridgehead atoms. The van der Waals surface area contributed by atoms with Gasteiger partial charge >= 0.3 is 0 Å². The second-order valence-corrected chi connectivity index (χ2v) is 3.21. The van der Waals surface area contributed by atoms with Crippen molar-refractivity contribution >= 4 is 12.2 Å². The van der Waals surface area contributed by atoms with Gasteiger partial charge in [0.1, 0.15) is 0 Å². The van der Waals surface area contributed by atoms with E-state index in [4.69, 9.17) is 12.2 Å². The van der Waals surface area contributed by atoms with Gasteiger partial charge in [0.15, 0.2) is 10.6 Å². The van der Waals surface area contributed by atoms with Crippen molar-refractivity contribution in [2.24, 2.45) is 0 Å². The molecule has 0 unspecified atom stereocenters. The van der Waals surface area contributed by atoms with E-state index in [2.05, 4.69) is 26.7 Å². The molecule has 5 nitrogen and oxygen atoms in total. The summed E-state index contributed by atoms with van der Waals surface area (Å²) in [7, 11) is 0. The summed E-state index contributed by atoms with van der Waals surface area (Å²) >= 11 is 5.08. The highest BCUT2D eigenvalue weighted by Gasteiger charge is 2.09. The van der Waals surface area contributed by atoms with Crippen LogP contribution in [0.15, 0.2) is 31.1 Å². The molecule has 0 saturated carbocycles. The third kappa shape index (κ3) is 1.84. The Balaban J connectivity index is 2.54. The maximum Gasteiger partial charge on any atom is 0.200 e. The summed E-state index contributed by atoms with van der Waals surface area (Å²) in [5.74, 6) is 1.17. The van der Waals surface area contributed by atoms with Crippen LogP contribution in [0.3, 0.4) is 0 Å². The van der Waals surface area contributed by atoms with Crippen molar-refractivity contribution in [3.05, 3.63) is 35.9 Å². The normalized spacial score (nSPS) is 10.1. The van der Waals surface area contributed by atoms with Gasteiger partial charge in [-0.15, -0.1) is 6.58 Å². The van der Waals surface area contributed by atoms with Crippen molar-refractivity contribution in [1.82, 2.24) is 24.7 Å². The average molecular weight is 219 g/mol. The lowest BCUT2D eigenvalue weighted by Gasteiger charge is -2.00. The van der Waals surface area contributed by atoms with Crippen LogP contribution in [-0.4, -0.2) is 24.7 Å². The smallest absolute Gasteiger partial charge is 0.200 e. The number of nitrogens with zero attached hydrogens (tertiary/aromatic N) is 4. The number of hydrogen-bond donors (Lipinski definition) is 1. The van der Waals surface area contributed by atoms with E-state index in [9.17, 15) is 0 Å². The van der Waals surface area contributed by atoms with Crippen LogP contribution in [0.2, 0.25) is 0 Å². The largest absolute Gasteiger partial charge is 0.294 e. The first-order valence-corrected chi connectivity index (χ1v) is 4.77. The third-order valence-corrected chi connectivity index (χ3v) is 2.15. The van der Waals surface area contributed by atoms with Gasteiger partial charge in [0.2, 0.25) is 5.82 Å². The third-order valence-electron chi connectivity index (χ3n) is 1.84. The van der Waals surface area contributed by atoms with Crippen LogP contribution in [0, 0.1) is 4.77 Å². The lowest BCUT2D eigenvalue weighted by Crippen LogP contribution is -2.00. The van der Waals surface area contributed by atoms with Crippen LogP contribution >= 0.6 is 12.2 Å². The Bertz CT molecular complexity index is 513. The fourth-order valence-electron chi connectivity index (χ4n) is 1.20. The van der Waals surface area contributed by atoms with Gasteiger partial charge in [-0.1, -0.05) is 6.08 Å². The van der Waals surface area contributed by atoms with E-state index < -0.39 is 0 Å². The molecule has 1 N–H and O–H groups in total. The second kappa shape index (κ2) is 4.14. The fraction of sp³-hybridized carbons (Fsp3) is 0.111. The highest BCUT2D eigenvalue weighted by molar-refractivity contribution is 7.71. The Hall–Kier alpha value is -1.82. The number of hydrogen-bond acceptors (Lipinski definition) is 4. The highest BCUT2D eigenvalue weighted by Crippen LogP contribution is 2.10. The molecule has 2 heterocycles. The Morgan fingerprint density at radius 3 is 2.87 bits per heavy atom. The summed E-state index contributed by atoms with van der Waals surface area (Å²) in [6.07, 6.45) is 5.08. The number of allylic oxidation sites excluding steroid dienone is 1. The topological polar surface area (TPSA) is 59.4 Å². The zero-order valence-corrected chi connectivity index (χ0v) is 8.74. The van der Waals surface area contributed by atoms with Crippen LogP contribution in [0.4, 0.5) is 0 Å². The van der Waals surface area contributed by atoms with Crippen molar-refractivity contribution < 1.29 is 0 Å². The van der Waals surface area contributed by atoms with Crippen LogP contribution in [0.5, 0.6) is 0 Å². The summed E-state index contributed by atoms with van der Waals surface area (Å²) in [5.41, 5.74) is 0. The first-order chi connectivity index (χ1) is 7.33. The van der Waals surface area contributed by atoms with Gasteiger partial charge < -0.3 is 0 Å². The molecule has 0 amide bonds. The summed E-state index contributed by atoms with van der Waals surface area (Å²) < 4.78 is 2.33. The number of aromatic amines is 1. The van der Waals surface area contributed by atoms with E-state index in [-0.39, 0.29) is 0 Å². The predicted molar refractivity (Wildman–Crippen MR) is 58.6 cm³/mol. The zero-order chi connectivity index (χ0) is 10.7. The molecule has 0 aliphatic rings. The molecule has 0 fully saturated rings. The van der Waals surface area contributed by atoms with E-state index in [0.29, 0.717) is 23.0 Å². The van der Waals surface area contributed by atoms with Crippen LogP contribution in [-0.2, 0) is 6.54 Å². The van der Waals surface area contributed by atoms with Crippen molar-refractivity contribution in [2.75, 3.05) is 0 Å². The number of aromatic nitrogens is 5. The Morgan fingerprint density at radius 2 is 2.20 bits per heavy atom. The molecule has 0 aliphatic heterocycles. The van der Waals surface area contributed by atoms with Gasteiger partial charge in [-0.05, 0) is 18.3 Å². The summed E-state index contributed by atoms with van der Waals surface area (Å²) in [6.45, 7) is 4.25. The molecule has 6 heteroatoms. The van der Waals surface area contributed by atoms with Crippen molar-refractivity contribution in [3.8, 4) is 11.6 Å². The standard InChI is InChI=1S/C9H9N5S/c1-2-6-14-8(12-13-9(14)15)7-10-4-3-5-11-7/h2-5H,1,6H2,(H,13,15). The molecule has 2 rings (SSSR count). The molecule has 15 heavy (non-hydrogen) atoms. The monoisotopic (exact) mass is 219 g/mol. The number of nitrogens with one attached hydrogen (secondary N) is 1. The first kappa shape index (κ1) is 9.72. The number of H-pyrrole nitrogens is 1. The second-order valence-electron chi connectivity index (χ2n) is 2.82. The zero-order valence-electron chi connectivity index (χ0n) is 7.92.